The highest BCUT2D eigenvalue weighted by atomic mass is 19.1. The summed E-state index contributed by atoms with van der Waals surface area (Å²) in [6, 6.07) is 11.7. The highest BCUT2D eigenvalue weighted by Gasteiger charge is 2.19. The zero-order valence-corrected chi connectivity index (χ0v) is 14.6. The van der Waals surface area contributed by atoms with Gasteiger partial charge in [0.25, 0.3) is 0 Å². The van der Waals surface area contributed by atoms with Gasteiger partial charge in [-0.05, 0) is 55.0 Å². The number of anilines is 1. The summed E-state index contributed by atoms with van der Waals surface area (Å²) < 4.78 is 20.2. The largest absolute Gasteiger partial charge is 0.487 e. The SMILES string of the molecule is CCCc1ccc(COc2cccc3c2N(CC)CCC3)cc1F. The van der Waals surface area contributed by atoms with Gasteiger partial charge in [0.2, 0.25) is 0 Å². The molecule has 0 bridgehead atoms. The van der Waals surface area contributed by atoms with Crippen molar-refractivity contribution in [3.05, 3.63) is 58.9 Å². The van der Waals surface area contributed by atoms with Crippen molar-refractivity contribution in [1.29, 1.82) is 0 Å². The van der Waals surface area contributed by atoms with Crippen LogP contribution in [0.3, 0.4) is 0 Å². The number of para-hydroxylation sites is 1. The maximum atomic E-state index is 14.1. The van der Waals surface area contributed by atoms with Crippen LogP contribution in [0.4, 0.5) is 10.1 Å². The monoisotopic (exact) mass is 327 g/mol. The normalized spacial score (nSPS) is 13.7. The number of hydrogen-bond acceptors (Lipinski definition) is 2. The summed E-state index contributed by atoms with van der Waals surface area (Å²) in [5, 5.41) is 0. The molecule has 0 saturated heterocycles. The molecule has 3 heteroatoms. The first kappa shape index (κ1) is 16.8. The third-order valence-electron chi connectivity index (χ3n) is 4.69. The highest BCUT2D eigenvalue weighted by Crippen LogP contribution is 2.36. The summed E-state index contributed by atoms with van der Waals surface area (Å²) in [5.41, 5.74) is 4.23. The lowest BCUT2D eigenvalue weighted by molar-refractivity contribution is 0.305. The number of ether oxygens (including phenoxy) is 1. The minimum absolute atomic E-state index is 0.122. The van der Waals surface area contributed by atoms with E-state index in [-0.39, 0.29) is 5.82 Å². The third-order valence-corrected chi connectivity index (χ3v) is 4.69. The molecule has 128 valence electrons. The molecule has 0 spiro atoms. The van der Waals surface area contributed by atoms with Crippen LogP contribution in [0.5, 0.6) is 5.75 Å². The van der Waals surface area contributed by atoms with Crippen LogP contribution in [-0.4, -0.2) is 13.1 Å². The fraction of sp³-hybridized carbons (Fsp3) is 0.429. The number of hydrogen-bond donors (Lipinski definition) is 0. The van der Waals surface area contributed by atoms with E-state index < -0.39 is 0 Å². The zero-order valence-electron chi connectivity index (χ0n) is 14.6. The first-order valence-electron chi connectivity index (χ1n) is 8.99. The molecule has 0 fully saturated rings. The number of halogens is 1. The first-order valence-corrected chi connectivity index (χ1v) is 8.99. The van der Waals surface area contributed by atoms with E-state index in [9.17, 15) is 4.39 Å². The Labute approximate surface area is 144 Å². The lowest BCUT2D eigenvalue weighted by Gasteiger charge is -2.32. The Bertz CT molecular complexity index is 698. The average Bonchev–Trinajstić information content (AvgIpc) is 2.61. The molecule has 1 aliphatic rings. The summed E-state index contributed by atoms with van der Waals surface area (Å²) in [5.74, 6) is 0.787. The van der Waals surface area contributed by atoms with Crippen LogP contribution in [0, 0.1) is 5.82 Å². The molecule has 2 aromatic carbocycles. The molecule has 2 nitrogen and oxygen atoms in total. The van der Waals surface area contributed by atoms with E-state index in [2.05, 4.69) is 30.9 Å². The van der Waals surface area contributed by atoms with Gasteiger partial charge in [-0.2, -0.15) is 0 Å². The van der Waals surface area contributed by atoms with E-state index >= 15 is 0 Å². The molecule has 24 heavy (non-hydrogen) atoms. The molecule has 3 rings (SSSR count). The van der Waals surface area contributed by atoms with Crippen LogP contribution in [0.25, 0.3) is 0 Å². The molecule has 0 radical (unpaired) electrons. The van der Waals surface area contributed by atoms with Crippen molar-refractivity contribution in [3.63, 3.8) is 0 Å². The third kappa shape index (κ3) is 3.55. The predicted molar refractivity (Wildman–Crippen MR) is 97.4 cm³/mol. The van der Waals surface area contributed by atoms with Crippen LogP contribution in [0.15, 0.2) is 36.4 Å². The van der Waals surface area contributed by atoms with Gasteiger partial charge in [-0.25, -0.2) is 4.39 Å². The van der Waals surface area contributed by atoms with Crippen LogP contribution >= 0.6 is 0 Å². The van der Waals surface area contributed by atoms with Crippen molar-refractivity contribution < 1.29 is 9.13 Å². The van der Waals surface area contributed by atoms with E-state index in [1.165, 1.54) is 17.7 Å². The van der Waals surface area contributed by atoms with Crippen LogP contribution in [0.2, 0.25) is 0 Å². The van der Waals surface area contributed by atoms with E-state index in [4.69, 9.17) is 4.74 Å². The smallest absolute Gasteiger partial charge is 0.143 e. The second kappa shape index (κ2) is 7.69. The minimum Gasteiger partial charge on any atom is -0.487 e. The Morgan fingerprint density at radius 2 is 2.04 bits per heavy atom. The lowest BCUT2D eigenvalue weighted by atomic mass is 10.0. The summed E-state index contributed by atoms with van der Waals surface area (Å²) in [6.45, 7) is 6.69. The average molecular weight is 327 g/mol. The number of rotatable bonds is 6. The molecule has 0 atom stereocenters. The van der Waals surface area contributed by atoms with Crippen LogP contribution in [0.1, 0.15) is 43.4 Å². The molecule has 0 saturated carbocycles. The van der Waals surface area contributed by atoms with Gasteiger partial charge in [-0.3, -0.25) is 0 Å². The number of fused-ring (bicyclic) bond motifs is 1. The van der Waals surface area contributed by atoms with E-state index in [1.807, 2.05) is 18.2 Å². The Morgan fingerprint density at radius 1 is 1.17 bits per heavy atom. The van der Waals surface area contributed by atoms with Gasteiger partial charge in [-0.1, -0.05) is 37.6 Å². The fourth-order valence-electron chi connectivity index (χ4n) is 3.45. The first-order chi connectivity index (χ1) is 11.7. The van der Waals surface area contributed by atoms with Gasteiger partial charge < -0.3 is 9.64 Å². The number of aryl methyl sites for hydroxylation is 2. The van der Waals surface area contributed by atoms with E-state index in [1.54, 1.807) is 6.07 Å². The second-order valence-corrected chi connectivity index (χ2v) is 6.41. The van der Waals surface area contributed by atoms with Crippen molar-refractivity contribution in [2.45, 2.75) is 46.1 Å². The summed E-state index contributed by atoms with van der Waals surface area (Å²) in [4.78, 5) is 2.37. The van der Waals surface area contributed by atoms with E-state index in [0.717, 1.165) is 49.2 Å². The summed E-state index contributed by atoms with van der Waals surface area (Å²) >= 11 is 0. The molecule has 1 heterocycles. The van der Waals surface area contributed by atoms with E-state index in [0.29, 0.717) is 6.61 Å². The zero-order chi connectivity index (χ0) is 16.9. The maximum absolute atomic E-state index is 14.1. The van der Waals surface area contributed by atoms with Crippen LogP contribution in [-0.2, 0) is 19.4 Å². The molecule has 0 aliphatic carbocycles. The Hall–Kier alpha value is -2.03. The fourth-order valence-corrected chi connectivity index (χ4v) is 3.45. The van der Waals surface area contributed by atoms with Gasteiger partial charge in [0, 0.05) is 13.1 Å². The number of nitrogens with zero attached hydrogens (tertiary/aromatic N) is 1. The van der Waals surface area contributed by atoms with Crippen molar-refractivity contribution in [2.75, 3.05) is 18.0 Å². The predicted octanol–water partition coefficient (Wildman–Crippen LogP) is 5.13. The van der Waals surface area contributed by atoms with Crippen molar-refractivity contribution in [3.8, 4) is 5.75 Å². The minimum atomic E-state index is -0.122. The quantitative estimate of drug-likeness (QED) is 0.729. The number of benzene rings is 2. The molecule has 0 N–H and O–H groups in total. The van der Waals surface area contributed by atoms with Gasteiger partial charge >= 0.3 is 0 Å². The van der Waals surface area contributed by atoms with Crippen molar-refractivity contribution >= 4 is 5.69 Å². The van der Waals surface area contributed by atoms with Gasteiger partial charge in [0.15, 0.2) is 0 Å². The van der Waals surface area contributed by atoms with Crippen molar-refractivity contribution in [2.24, 2.45) is 0 Å². The highest BCUT2D eigenvalue weighted by molar-refractivity contribution is 5.65. The van der Waals surface area contributed by atoms with Crippen LogP contribution < -0.4 is 9.64 Å². The molecular weight excluding hydrogens is 301 g/mol. The molecule has 2 aromatic rings. The summed E-state index contributed by atoms with van der Waals surface area (Å²) in [7, 11) is 0. The summed E-state index contributed by atoms with van der Waals surface area (Å²) in [6.07, 6.45) is 4.03. The molecule has 1 aliphatic heterocycles. The van der Waals surface area contributed by atoms with Gasteiger partial charge in [-0.15, -0.1) is 0 Å². The maximum Gasteiger partial charge on any atom is 0.143 e. The van der Waals surface area contributed by atoms with Gasteiger partial charge in [0.1, 0.15) is 18.2 Å². The van der Waals surface area contributed by atoms with Gasteiger partial charge in [0.05, 0.1) is 5.69 Å². The Kier molecular flexibility index (Phi) is 5.39. The molecule has 0 unspecified atom stereocenters. The molecule has 0 amide bonds. The Morgan fingerprint density at radius 3 is 2.79 bits per heavy atom. The lowest BCUT2D eigenvalue weighted by Crippen LogP contribution is -2.29. The topological polar surface area (TPSA) is 12.5 Å². The second-order valence-electron chi connectivity index (χ2n) is 6.41. The molecular formula is C21H26FNO. The molecule has 0 aromatic heterocycles. The van der Waals surface area contributed by atoms with Crippen molar-refractivity contribution in [1.82, 2.24) is 0 Å². The Balaban J connectivity index is 1.77. The standard InChI is InChI=1S/C21H26FNO/c1-3-7-17-12-11-16(14-19(17)22)15-24-20-10-5-8-18-9-6-13-23(4-2)21(18)20/h5,8,10-12,14H,3-4,6-7,9,13,15H2,1-2H3.